The summed E-state index contributed by atoms with van der Waals surface area (Å²) in [4.78, 5) is 23.3. The molecule has 1 aromatic heterocycles. The summed E-state index contributed by atoms with van der Waals surface area (Å²) in [5, 5.41) is 0. The highest BCUT2D eigenvalue weighted by Gasteiger charge is 2.19. The van der Waals surface area contributed by atoms with Crippen molar-refractivity contribution < 1.29 is 22.4 Å². The maximum atomic E-state index is 12.7. The molecule has 1 N–H and O–H groups in total. The summed E-state index contributed by atoms with van der Waals surface area (Å²) in [6.07, 6.45) is 0. The third-order valence-electron chi connectivity index (χ3n) is 3.83. The minimum absolute atomic E-state index is 0.0507. The lowest BCUT2D eigenvalue weighted by atomic mass is 10.2. The molecule has 0 unspecified atom stereocenters. The highest BCUT2D eigenvalue weighted by molar-refractivity contribution is 9.10. The largest absolute Gasteiger partial charge is 0.468 e. The Hall–Kier alpha value is -2.59. The van der Waals surface area contributed by atoms with E-state index in [9.17, 15) is 18.0 Å². The van der Waals surface area contributed by atoms with E-state index in [0.717, 1.165) is 10.1 Å². The fraction of sp³-hybridized carbons (Fsp3) is 0.176. The number of ether oxygens (including phenoxy) is 1. The fourth-order valence-electron chi connectivity index (χ4n) is 2.46. The van der Waals surface area contributed by atoms with Crippen molar-refractivity contribution in [3.05, 3.63) is 57.0 Å². The predicted molar refractivity (Wildman–Crippen MR) is 102 cm³/mol. The number of methoxy groups -OCH3 is 1. The lowest BCUT2D eigenvalue weighted by Gasteiger charge is -2.10. The number of oxazole rings is 1. The summed E-state index contributed by atoms with van der Waals surface area (Å²) >= 11 is 3.32. The van der Waals surface area contributed by atoms with Crippen LogP contribution in [0.1, 0.15) is 5.56 Å². The highest BCUT2D eigenvalue weighted by atomic mass is 79.9. The van der Waals surface area contributed by atoms with Crippen LogP contribution in [-0.4, -0.2) is 26.1 Å². The number of esters is 1. The topological polar surface area (TPSA) is 108 Å². The van der Waals surface area contributed by atoms with Crippen molar-refractivity contribution in [1.82, 2.24) is 4.57 Å². The van der Waals surface area contributed by atoms with Gasteiger partial charge in [-0.3, -0.25) is 14.1 Å². The second kappa shape index (κ2) is 7.20. The molecule has 0 fully saturated rings. The van der Waals surface area contributed by atoms with Crippen molar-refractivity contribution in [3.63, 3.8) is 0 Å². The van der Waals surface area contributed by atoms with Crippen LogP contribution in [0.4, 0.5) is 5.69 Å². The van der Waals surface area contributed by atoms with Gasteiger partial charge in [-0.1, -0.05) is 6.07 Å². The Labute approximate surface area is 162 Å². The molecule has 0 amide bonds. The van der Waals surface area contributed by atoms with Gasteiger partial charge in [-0.25, -0.2) is 13.2 Å². The summed E-state index contributed by atoms with van der Waals surface area (Å²) in [6, 6.07) is 9.17. The zero-order valence-electron chi connectivity index (χ0n) is 14.4. The number of carbonyl (C=O) groups is 1. The van der Waals surface area contributed by atoms with Crippen LogP contribution in [0.3, 0.4) is 0 Å². The molecule has 142 valence electrons. The predicted octanol–water partition coefficient (Wildman–Crippen LogP) is 2.64. The van der Waals surface area contributed by atoms with Crippen LogP contribution < -0.4 is 10.5 Å². The third kappa shape index (κ3) is 3.91. The molecule has 0 aliphatic heterocycles. The average molecular weight is 455 g/mol. The minimum atomic E-state index is -3.91. The summed E-state index contributed by atoms with van der Waals surface area (Å²) in [5.41, 5.74) is 1.70. The molecule has 0 saturated heterocycles. The molecule has 2 aromatic carbocycles. The van der Waals surface area contributed by atoms with Crippen LogP contribution in [0.25, 0.3) is 11.1 Å². The van der Waals surface area contributed by atoms with Crippen molar-refractivity contribution in [3.8, 4) is 0 Å². The molecule has 27 heavy (non-hydrogen) atoms. The number of rotatable bonds is 5. The zero-order chi connectivity index (χ0) is 19.8. The number of fused-ring (bicyclic) bond motifs is 1. The Balaban J connectivity index is 1.99. The molecule has 0 aliphatic carbocycles. The van der Waals surface area contributed by atoms with Crippen molar-refractivity contribution >= 4 is 48.7 Å². The van der Waals surface area contributed by atoms with Crippen LogP contribution >= 0.6 is 15.9 Å². The van der Waals surface area contributed by atoms with E-state index in [0.29, 0.717) is 15.7 Å². The van der Waals surface area contributed by atoms with E-state index in [-0.39, 0.29) is 17.0 Å². The number of anilines is 1. The Morgan fingerprint density at radius 2 is 2.00 bits per heavy atom. The number of sulfonamides is 1. The lowest BCUT2D eigenvalue weighted by Crippen LogP contribution is -2.20. The van der Waals surface area contributed by atoms with Gasteiger partial charge < -0.3 is 9.15 Å². The van der Waals surface area contributed by atoms with E-state index >= 15 is 0 Å². The number of nitrogens with zero attached hydrogens (tertiary/aromatic N) is 1. The van der Waals surface area contributed by atoms with Gasteiger partial charge in [-0.15, -0.1) is 0 Å². The van der Waals surface area contributed by atoms with Gasteiger partial charge in [0, 0.05) is 10.5 Å². The van der Waals surface area contributed by atoms with E-state index in [2.05, 4.69) is 25.4 Å². The maximum Gasteiger partial charge on any atom is 0.420 e. The smallest absolute Gasteiger partial charge is 0.420 e. The Morgan fingerprint density at radius 3 is 2.67 bits per heavy atom. The molecule has 0 spiro atoms. The molecule has 0 radical (unpaired) electrons. The van der Waals surface area contributed by atoms with E-state index < -0.39 is 21.7 Å². The van der Waals surface area contributed by atoms with E-state index in [1.165, 1.54) is 25.3 Å². The summed E-state index contributed by atoms with van der Waals surface area (Å²) < 4.78 is 39.1. The first kappa shape index (κ1) is 19.2. The zero-order valence-corrected chi connectivity index (χ0v) is 16.8. The van der Waals surface area contributed by atoms with Crippen LogP contribution in [0, 0.1) is 6.92 Å². The molecule has 0 saturated carbocycles. The first-order valence-corrected chi connectivity index (χ1v) is 9.98. The first-order valence-electron chi connectivity index (χ1n) is 7.70. The second-order valence-corrected chi connectivity index (χ2v) is 8.29. The highest BCUT2D eigenvalue weighted by Crippen LogP contribution is 2.27. The lowest BCUT2D eigenvalue weighted by molar-refractivity contribution is -0.141. The second-order valence-electron chi connectivity index (χ2n) is 5.75. The Bertz CT molecular complexity index is 1200. The summed E-state index contributed by atoms with van der Waals surface area (Å²) in [5.74, 6) is -1.40. The quantitative estimate of drug-likeness (QED) is 0.593. The number of carbonyl (C=O) groups excluding carboxylic acids is 1. The van der Waals surface area contributed by atoms with Crippen LogP contribution in [0.5, 0.6) is 0 Å². The molecule has 1 heterocycles. The van der Waals surface area contributed by atoms with Crippen LogP contribution in [0.15, 0.2) is 55.0 Å². The molecule has 3 aromatic rings. The van der Waals surface area contributed by atoms with E-state index in [1.807, 2.05) is 6.92 Å². The monoisotopic (exact) mass is 454 g/mol. The first-order chi connectivity index (χ1) is 12.7. The molecule has 0 bridgehead atoms. The normalized spacial score (nSPS) is 11.5. The van der Waals surface area contributed by atoms with Crippen LogP contribution in [0.2, 0.25) is 0 Å². The number of nitrogens with one attached hydrogen (secondary N) is 1. The van der Waals surface area contributed by atoms with Crippen molar-refractivity contribution in [2.75, 3.05) is 11.8 Å². The maximum absolute atomic E-state index is 12.7. The number of aromatic nitrogens is 1. The SMILES string of the molecule is COC(=O)Cn1c(=O)oc2cc(S(=O)(=O)Nc3ccc(C)cc3Br)ccc21. The molecular formula is C17H15BrN2O6S. The average Bonchev–Trinajstić information content (AvgIpc) is 2.92. The minimum Gasteiger partial charge on any atom is -0.468 e. The number of halogens is 1. The van der Waals surface area contributed by atoms with Gasteiger partial charge in [-0.2, -0.15) is 0 Å². The number of aryl methyl sites for hydroxylation is 1. The van der Waals surface area contributed by atoms with Crippen molar-refractivity contribution in [2.45, 2.75) is 18.4 Å². The molecule has 10 heteroatoms. The molecule has 8 nitrogen and oxygen atoms in total. The van der Waals surface area contributed by atoms with Gasteiger partial charge in [0.1, 0.15) is 6.54 Å². The number of hydrogen-bond acceptors (Lipinski definition) is 6. The molecule has 0 atom stereocenters. The summed E-state index contributed by atoms with van der Waals surface area (Å²) in [6.45, 7) is 1.56. The van der Waals surface area contributed by atoms with Gasteiger partial charge >= 0.3 is 11.7 Å². The standard InChI is InChI=1S/C17H15BrN2O6S/c1-10-3-5-13(12(18)7-10)19-27(23,24)11-4-6-14-15(8-11)26-17(22)20(14)9-16(21)25-2/h3-8,19H,9H2,1-2H3. The number of benzene rings is 2. The Kier molecular flexibility index (Phi) is 5.11. The number of hydrogen-bond donors (Lipinski definition) is 1. The third-order valence-corrected chi connectivity index (χ3v) is 5.85. The fourth-order valence-corrected chi connectivity index (χ4v) is 4.28. The van der Waals surface area contributed by atoms with Crippen molar-refractivity contribution in [1.29, 1.82) is 0 Å². The van der Waals surface area contributed by atoms with E-state index in [1.54, 1.807) is 18.2 Å². The van der Waals surface area contributed by atoms with Gasteiger partial charge in [0.25, 0.3) is 10.0 Å². The van der Waals surface area contributed by atoms with E-state index in [4.69, 9.17) is 4.42 Å². The van der Waals surface area contributed by atoms with Crippen LogP contribution in [-0.2, 0) is 26.1 Å². The van der Waals surface area contributed by atoms with Gasteiger partial charge in [0.05, 0.1) is 23.2 Å². The Morgan fingerprint density at radius 1 is 1.26 bits per heavy atom. The van der Waals surface area contributed by atoms with Crippen molar-refractivity contribution in [2.24, 2.45) is 0 Å². The molecular weight excluding hydrogens is 440 g/mol. The summed E-state index contributed by atoms with van der Waals surface area (Å²) in [7, 11) is -2.71. The van der Waals surface area contributed by atoms with Gasteiger partial charge in [0.2, 0.25) is 0 Å². The van der Waals surface area contributed by atoms with Gasteiger partial charge in [-0.05, 0) is 52.7 Å². The molecule has 3 rings (SSSR count). The van der Waals surface area contributed by atoms with Gasteiger partial charge in [0.15, 0.2) is 5.58 Å². The molecule has 0 aliphatic rings.